The lowest BCUT2D eigenvalue weighted by Gasteiger charge is -2.12. The van der Waals surface area contributed by atoms with Crippen molar-refractivity contribution in [1.29, 1.82) is 15.8 Å². The van der Waals surface area contributed by atoms with Crippen molar-refractivity contribution in [1.82, 2.24) is 0 Å². The lowest BCUT2D eigenvalue weighted by molar-refractivity contribution is 1.37. The highest BCUT2D eigenvalue weighted by atomic mass is 14.9. The number of rotatable bonds is 3. The molecule has 0 bridgehead atoms. The Morgan fingerprint density at radius 3 is 2.27 bits per heavy atom. The third-order valence-corrected chi connectivity index (χ3v) is 3.10. The van der Waals surface area contributed by atoms with E-state index in [1.807, 2.05) is 55.5 Å². The van der Waals surface area contributed by atoms with Crippen LogP contribution in [-0.2, 0) is 0 Å². The summed E-state index contributed by atoms with van der Waals surface area (Å²) >= 11 is 0. The first-order valence-corrected chi connectivity index (χ1v) is 6.57. The molecule has 0 aliphatic carbocycles. The number of nitriles is 3. The molecule has 0 spiro atoms. The van der Waals surface area contributed by atoms with Crippen LogP contribution in [0.5, 0.6) is 0 Å². The van der Waals surface area contributed by atoms with E-state index < -0.39 is 0 Å². The van der Waals surface area contributed by atoms with Crippen LogP contribution in [-0.4, -0.2) is 0 Å². The van der Waals surface area contributed by atoms with Crippen LogP contribution in [0.2, 0.25) is 0 Å². The molecule has 104 valence electrons. The quantitative estimate of drug-likeness (QED) is 0.866. The van der Waals surface area contributed by atoms with Gasteiger partial charge in [-0.3, -0.25) is 0 Å². The van der Waals surface area contributed by atoms with Crippen molar-refractivity contribution in [2.24, 2.45) is 0 Å². The summed E-state index contributed by atoms with van der Waals surface area (Å²) in [7, 11) is 0. The molecule has 0 radical (unpaired) electrons. The number of para-hydroxylation sites is 1. The van der Waals surface area contributed by atoms with Gasteiger partial charge in [0, 0.05) is 11.3 Å². The van der Waals surface area contributed by atoms with Crippen molar-refractivity contribution in [2.45, 2.75) is 6.92 Å². The maximum Gasteiger partial charge on any atom is 0.163 e. The van der Waals surface area contributed by atoms with Gasteiger partial charge in [-0.1, -0.05) is 48.0 Å². The summed E-state index contributed by atoms with van der Waals surface area (Å²) in [6.07, 6.45) is 0. The number of benzene rings is 2. The molecule has 0 saturated heterocycles. The Balaban J connectivity index is 2.52. The van der Waals surface area contributed by atoms with Crippen LogP contribution in [0.4, 0.5) is 5.69 Å². The van der Waals surface area contributed by atoms with Gasteiger partial charge in [0.1, 0.15) is 23.9 Å². The van der Waals surface area contributed by atoms with E-state index in [0.717, 1.165) is 16.7 Å². The van der Waals surface area contributed by atoms with Crippen molar-refractivity contribution < 1.29 is 0 Å². The molecule has 0 aliphatic heterocycles. The molecule has 0 unspecified atom stereocenters. The molecule has 0 aliphatic rings. The Morgan fingerprint density at radius 1 is 0.909 bits per heavy atom. The summed E-state index contributed by atoms with van der Waals surface area (Å²) in [5.74, 6) is 0. The smallest absolute Gasteiger partial charge is 0.163 e. The van der Waals surface area contributed by atoms with E-state index >= 15 is 0 Å². The largest absolute Gasteiger partial charge is 0.345 e. The van der Waals surface area contributed by atoms with Gasteiger partial charge in [0.25, 0.3) is 0 Å². The summed E-state index contributed by atoms with van der Waals surface area (Å²) in [6, 6.07) is 20.7. The average Bonchev–Trinajstić information content (AvgIpc) is 2.55. The second-order valence-electron chi connectivity index (χ2n) is 4.63. The van der Waals surface area contributed by atoms with E-state index in [2.05, 4.69) is 5.32 Å². The Morgan fingerprint density at radius 2 is 1.64 bits per heavy atom. The molecule has 4 nitrogen and oxygen atoms in total. The normalized spacial score (nSPS) is 9.00. The maximum atomic E-state index is 9.15. The summed E-state index contributed by atoms with van der Waals surface area (Å²) in [5.41, 5.74) is 3.41. The second kappa shape index (κ2) is 6.75. The van der Waals surface area contributed by atoms with Crippen molar-refractivity contribution >= 4 is 5.69 Å². The SMILES string of the molecule is Cc1cccc(-c2ccccc2NC(C#N)=C(C#N)C#N)c1. The first-order chi connectivity index (χ1) is 10.7. The Hall–Kier alpha value is -3.55. The molecule has 2 aromatic carbocycles. The summed E-state index contributed by atoms with van der Waals surface area (Å²) < 4.78 is 0. The topological polar surface area (TPSA) is 83.4 Å². The molecule has 0 amide bonds. The van der Waals surface area contributed by atoms with E-state index in [1.54, 1.807) is 18.2 Å². The molecule has 2 rings (SSSR count). The van der Waals surface area contributed by atoms with Crippen LogP contribution in [0.1, 0.15) is 5.56 Å². The van der Waals surface area contributed by atoms with Gasteiger partial charge in [-0.05, 0) is 18.6 Å². The highest BCUT2D eigenvalue weighted by molar-refractivity contribution is 5.80. The maximum absolute atomic E-state index is 9.15. The van der Waals surface area contributed by atoms with E-state index in [4.69, 9.17) is 15.8 Å². The summed E-state index contributed by atoms with van der Waals surface area (Å²) in [4.78, 5) is 0. The number of hydrogen-bond donors (Lipinski definition) is 1. The third-order valence-electron chi connectivity index (χ3n) is 3.10. The Kier molecular flexibility index (Phi) is 4.56. The van der Waals surface area contributed by atoms with Crippen LogP contribution in [0, 0.1) is 40.9 Å². The van der Waals surface area contributed by atoms with E-state index in [1.165, 1.54) is 0 Å². The first kappa shape index (κ1) is 14.9. The van der Waals surface area contributed by atoms with Crippen LogP contribution in [0.25, 0.3) is 11.1 Å². The molecule has 0 atom stereocenters. The molecule has 0 aromatic heterocycles. The van der Waals surface area contributed by atoms with Gasteiger partial charge in [-0.2, -0.15) is 15.8 Å². The van der Waals surface area contributed by atoms with Crippen LogP contribution >= 0.6 is 0 Å². The molecule has 0 fully saturated rings. The fourth-order valence-electron chi connectivity index (χ4n) is 2.07. The first-order valence-electron chi connectivity index (χ1n) is 6.57. The molecule has 22 heavy (non-hydrogen) atoms. The zero-order chi connectivity index (χ0) is 15.9. The van der Waals surface area contributed by atoms with Gasteiger partial charge in [-0.15, -0.1) is 0 Å². The van der Waals surface area contributed by atoms with Gasteiger partial charge in [0.15, 0.2) is 5.57 Å². The fraction of sp³-hybridized carbons (Fsp3) is 0.0556. The van der Waals surface area contributed by atoms with Gasteiger partial charge in [0.05, 0.1) is 0 Å². The van der Waals surface area contributed by atoms with Crippen molar-refractivity contribution in [2.75, 3.05) is 5.32 Å². The highest BCUT2D eigenvalue weighted by Crippen LogP contribution is 2.29. The third kappa shape index (κ3) is 3.12. The van der Waals surface area contributed by atoms with Crippen LogP contribution < -0.4 is 5.32 Å². The summed E-state index contributed by atoms with van der Waals surface area (Å²) in [5, 5.41) is 29.9. The van der Waals surface area contributed by atoms with Crippen molar-refractivity contribution in [3.63, 3.8) is 0 Å². The van der Waals surface area contributed by atoms with Gasteiger partial charge in [-0.25, -0.2) is 0 Å². The molecule has 2 aromatic rings. The minimum absolute atomic E-state index is 0.0508. The van der Waals surface area contributed by atoms with Crippen molar-refractivity contribution in [3.8, 4) is 29.3 Å². The van der Waals surface area contributed by atoms with E-state index in [-0.39, 0.29) is 11.3 Å². The van der Waals surface area contributed by atoms with E-state index in [0.29, 0.717) is 5.69 Å². The highest BCUT2D eigenvalue weighted by Gasteiger charge is 2.10. The Bertz CT molecular complexity index is 842. The number of hydrogen-bond acceptors (Lipinski definition) is 4. The fourth-order valence-corrected chi connectivity index (χ4v) is 2.07. The molecule has 0 heterocycles. The molecule has 1 N–H and O–H groups in total. The van der Waals surface area contributed by atoms with Crippen LogP contribution in [0.3, 0.4) is 0 Å². The molecular weight excluding hydrogens is 272 g/mol. The molecular formula is C18H12N4. The van der Waals surface area contributed by atoms with Gasteiger partial charge >= 0.3 is 0 Å². The van der Waals surface area contributed by atoms with E-state index in [9.17, 15) is 0 Å². The van der Waals surface area contributed by atoms with Crippen LogP contribution in [0.15, 0.2) is 59.8 Å². The lowest BCUT2D eigenvalue weighted by atomic mass is 10.0. The molecule has 4 heteroatoms. The second-order valence-corrected chi connectivity index (χ2v) is 4.63. The average molecular weight is 284 g/mol. The predicted octanol–water partition coefficient (Wildman–Crippen LogP) is 3.90. The number of aryl methyl sites for hydroxylation is 1. The minimum atomic E-state index is -0.235. The number of allylic oxidation sites excluding steroid dienone is 2. The lowest BCUT2D eigenvalue weighted by Crippen LogP contribution is -2.02. The van der Waals surface area contributed by atoms with Gasteiger partial charge in [0.2, 0.25) is 0 Å². The van der Waals surface area contributed by atoms with Crippen molar-refractivity contribution in [3.05, 3.63) is 65.4 Å². The minimum Gasteiger partial charge on any atom is -0.345 e. The monoisotopic (exact) mass is 284 g/mol. The number of nitrogens with zero attached hydrogens (tertiary/aromatic N) is 3. The zero-order valence-electron chi connectivity index (χ0n) is 12.0. The molecule has 0 saturated carbocycles. The Labute approximate surface area is 129 Å². The predicted molar refractivity (Wildman–Crippen MR) is 84.1 cm³/mol. The zero-order valence-corrected chi connectivity index (χ0v) is 12.0. The standard InChI is InChI=1S/C18H12N4/c1-13-5-4-6-14(9-13)16-7-2-3-8-17(16)22-18(12-21)15(10-19)11-20/h2-9,22H,1H3. The summed E-state index contributed by atoms with van der Waals surface area (Å²) in [6.45, 7) is 2.00. The number of anilines is 1. The number of nitrogens with one attached hydrogen (secondary N) is 1. The van der Waals surface area contributed by atoms with Gasteiger partial charge < -0.3 is 5.32 Å².